The Morgan fingerprint density at radius 3 is 2.55 bits per heavy atom. The van der Waals surface area contributed by atoms with Gasteiger partial charge in [0.05, 0.1) is 10.5 Å². The van der Waals surface area contributed by atoms with E-state index >= 15 is 0 Å². The number of pyridine rings is 1. The van der Waals surface area contributed by atoms with Crippen LogP contribution < -0.4 is 4.90 Å². The summed E-state index contributed by atoms with van der Waals surface area (Å²) in [6.45, 7) is 1.30. The molecule has 1 aromatic heterocycles. The van der Waals surface area contributed by atoms with E-state index < -0.39 is 21.8 Å². The van der Waals surface area contributed by atoms with Gasteiger partial charge in [-0.15, -0.1) is 0 Å². The highest BCUT2D eigenvalue weighted by Gasteiger charge is 2.32. The lowest BCUT2D eigenvalue weighted by molar-refractivity contribution is -0.137. The van der Waals surface area contributed by atoms with Gasteiger partial charge in [-0.05, 0) is 54.7 Å². The molecule has 31 heavy (non-hydrogen) atoms. The van der Waals surface area contributed by atoms with Gasteiger partial charge in [-0.25, -0.2) is 13.4 Å². The second kappa shape index (κ2) is 8.23. The summed E-state index contributed by atoms with van der Waals surface area (Å²) in [5, 5.41) is 0. The minimum absolute atomic E-state index is 0.168. The molecule has 1 unspecified atom stereocenters. The molecule has 1 aromatic carbocycles. The van der Waals surface area contributed by atoms with Crippen molar-refractivity contribution in [3.8, 4) is 0 Å². The van der Waals surface area contributed by atoms with Crippen molar-refractivity contribution in [2.45, 2.75) is 36.3 Å². The molecule has 2 aliphatic rings. The van der Waals surface area contributed by atoms with Crippen molar-refractivity contribution in [1.82, 2.24) is 9.29 Å². The van der Waals surface area contributed by atoms with Crippen molar-refractivity contribution in [3.05, 3.63) is 53.2 Å². The van der Waals surface area contributed by atoms with E-state index in [1.165, 1.54) is 10.4 Å². The Balaban J connectivity index is 1.50. The maximum absolute atomic E-state index is 13.2. The fraction of sp³-hybridized carbons (Fsp3) is 0.429. The first kappa shape index (κ1) is 21.8. The van der Waals surface area contributed by atoms with Crippen LogP contribution in [0.2, 0.25) is 0 Å². The van der Waals surface area contributed by atoms with Crippen LogP contribution in [0.15, 0.2) is 41.4 Å². The summed E-state index contributed by atoms with van der Waals surface area (Å²) in [7, 11) is -3.75. The summed E-state index contributed by atoms with van der Waals surface area (Å²) < 4.78 is 66.1. The highest BCUT2D eigenvalue weighted by molar-refractivity contribution is 7.89. The monoisotopic (exact) mass is 453 g/mol. The van der Waals surface area contributed by atoms with Gasteiger partial charge < -0.3 is 9.69 Å². The van der Waals surface area contributed by atoms with E-state index in [0.717, 1.165) is 36.1 Å². The molecule has 1 atom stereocenters. The van der Waals surface area contributed by atoms with Gasteiger partial charge in [0.2, 0.25) is 10.0 Å². The highest BCUT2D eigenvalue weighted by Crippen LogP contribution is 2.34. The molecule has 1 aliphatic carbocycles. The molecule has 0 radical (unpaired) electrons. The number of hydrogen-bond donors (Lipinski definition) is 0. The maximum atomic E-state index is 13.2. The number of hydrogen-bond acceptors (Lipinski definition) is 5. The molecule has 1 saturated heterocycles. The Morgan fingerprint density at radius 2 is 1.87 bits per heavy atom. The van der Waals surface area contributed by atoms with E-state index in [4.69, 9.17) is 0 Å². The number of rotatable bonds is 4. The number of anilines is 1. The molecule has 0 amide bonds. The minimum Gasteiger partial charge on any atom is -0.355 e. The molecule has 1 aliphatic heterocycles. The molecule has 2 heterocycles. The molecule has 10 heteroatoms. The van der Waals surface area contributed by atoms with E-state index in [2.05, 4.69) is 4.98 Å². The van der Waals surface area contributed by atoms with Gasteiger partial charge >= 0.3 is 6.18 Å². The van der Waals surface area contributed by atoms with Crippen LogP contribution in [0.3, 0.4) is 0 Å². The first-order chi connectivity index (χ1) is 14.7. The Labute approximate surface area is 178 Å². The number of nitrogens with zero attached hydrogens (tertiary/aromatic N) is 3. The topological polar surface area (TPSA) is 70.6 Å². The number of sulfonamides is 1. The predicted octanol–water partition coefficient (Wildman–Crippen LogP) is 3.23. The zero-order valence-corrected chi connectivity index (χ0v) is 17.5. The van der Waals surface area contributed by atoms with E-state index in [-0.39, 0.29) is 17.4 Å². The van der Waals surface area contributed by atoms with Gasteiger partial charge in [-0.2, -0.15) is 17.5 Å². The number of aromatic nitrogens is 1. The van der Waals surface area contributed by atoms with E-state index in [1.807, 2.05) is 0 Å². The Kier molecular flexibility index (Phi) is 5.78. The number of carbonyl (C=O) groups excluding carboxylic acids is 1. The van der Waals surface area contributed by atoms with Crippen molar-refractivity contribution in [2.24, 2.45) is 0 Å². The third-order valence-electron chi connectivity index (χ3n) is 5.90. The summed E-state index contributed by atoms with van der Waals surface area (Å²) >= 11 is 0. The summed E-state index contributed by atoms with van der Waals surface area (Å²) in [6, 6.07) is 7.27. The highest BCUT2D eigenvalue weighted by atomic mass is 32.2. The number of aryl methyl sites for hydroxylation is 1. The van der Waals surface area contributed by atoms with Gasteiger partial charge in [0.1, 0.15) is 12.1 Å². The number of alkyl halides is 3. The molecule has 0 bridgehead atoms. The Morgan fingerprint density at radius 1 is 1.06 bits per heavy atom. The molecular formula is C21H22F3N3O3S. The van der Waals surface area contributed by atoms with Crippen molar-refractivity contribution >= 4 is 22.1 Å². The largest absolute Gasteiger partial charge is 0.417 e. The average Bonchev–Trinajstić information content (AvgIpc) is 2.98. The third-order valence-corrected chi connectivity index (χ3v) is 7.79. The molecule has 2 aromatic rings. The minimum atomic E-state index is -4.45. The van der Waals surface area contributed by atoms with Crippen molar-refractivity contribution in [2.75, 3.05) is 31.1 Å². The van der Waals surface area contributed by atoms with Gasteiger partial charge in [0.15, 0.2) is 0 Å². The fourth-order valence-electron chi connectivity index (χ4n) is 4.17. The number of fused-ring (bicyclic) bond motifs is 1. The zero-order chi connectivity index (χ0) is 22.2. The van der Waals surface area contributed by atoms with Gasteiger partial charge in [0.25, 0.3) is 0 Å². The normalized spacial score (nSPS) is 20.4. The molecular weight excluding hydrogens is 431 g/mol. The zero-order valence-electron chi connectivity index (χ0n) is 16.7. The van der Waals surface area contributed by atoms with E-state index in [0.29, 0.717) is 38.3 Å². The Hall–Kier alpha value is -2.46. The van der Waals surface area contributed by atoms with Crippen LogP contribution in [0.4, 0.5) is 19.0 Å². The molecule has 166 valence electrons. The molecule has 0 saturated carbocycles. The van der Waals surface area contributed by atoms with Crippen molar-refractivity contribution in [3.63, 3.8) is 0 Å². The SMILES string of the molecule is O=CC1CCc2ccc(S(=O)(=O)N3CCCN(c4ccc(C(F)(F)F)cn4)CC3)cc21. The van der Waals surface area contributed by atoms with E-state index in [9.17, 15) is 26.4 Å². The van der Waals surface area contributed by atoms with Gasteiger partial charge in [-0.1, -0.05) is 6.07 Å². The van der Waals surface area contributed by atoms with E-state index in [1.54, 1.807) is 23.1 Å². The number of carbonyl (C=O) groups is 1. The first-order valence-corrected chi connectivity index (χ1v) is 11.5. The number of halogens is 3. The molecule has 0 spiro atoms. The lowest BCUT2D eigenvalue weighted by atomic mass is 10.0. The lowest BCUT2D eigenvalue weighted by Crippen LogP contribution is -2.35. The lowest BCUT2D eigenvalue weighted by Gasteiger charge is -2.23. The van der Waals surface area contributed by atoms with Crippen LogP contribution in [0.1, 0.15) is 35.4 Å². The molecule has 0 N–H and O–H groups in total. The summed E-state index contributed by atoms with van der Waals surface area (Å²) in [5.41, 5.74) is 0.966. The van der Waals surface area contributed by atoms with Crippen molar-refractivity contribution in [1.29, 1.82) is 0 Å². The molecule has 6 nitrogen and oxygen atoms in total. The van der Waals surface area contributed by atoms with Crippen LogP contribution in [0.5, 0.6) is 0 Å². The fourth-order valence-corrected chi connectivity index (χ4v) is 5.67. The number of aldehydes is 1. The van der Waals surface area contributed by atoms with Gasteiger partial charge in [0, 0.05) is 38.3 Å². The van der Waals surface area contributed by atoms with Crippen LogP contribution in [-0.4, -0.2) is 50.2 Å². The van der Waals surface area contributed by atoms with Crippen LogP contribution in [0.25, 0.3) is 0 Å². The third kappa shape index (κ3) is 4.31. The smallest absolute Gasteiger partial charge is 0.355 e. The number of benzene rings is 1. The second-order valence-electron chi connectivity index (χ2n) is 7.79. The maximum Gasteiger partial charge on any atom is 0.417 e. The molecule has 4 rings (SSSR count). The standard InChI is InChI=1S/C21H22F3N3O3S/c22-21(23,24)17-5-7-20(25-13-17)26-8-1-9-27(11-10-26)31(29,30)18-6-4-15-2-3-16(14-28)19(15)12-18/h4-7,12-14,16H,1-3,8-11H2. The average molecular weight is 453 g/mol. The predicted molar refractivity (Wildman–Crippen MR) is 108 cm³/mol. The second-order valence-corrected chi connectivity index (χ2v) is 9.73. The van der Waals surface area contributed by atoms with Crippen LogP contribution in [0, 0.1) is 0 Å². The van der Waals surface area contributed by atoms with Crippen molar-refractivity contribution < 1.29 is 26.4 Å². The molecule has 1 fully saturated rings. The van der Waals surface area contributed by atoms with Gasteiger partial charge in [-0.3, -0.25) is 0 Å². The summed E-state index contributed by atoms with van der Waals surface area (Å²) in [6.07, 6.45) is -0.817. The van der Waals surface area contributed by atoms with Crippen LogP contribution in [-0.2, 0) is 27.4 Å². The Bertz CT molecular complexity index is 1070. The van der Waals surface area contributed by atoms with Crippen LogP contribution >= 0.6 is 0 Å². The summed E-state index contributed by atoms with van der Waals surface area (Å²) in [5.74, 6) is 0.120. The quantitative estimate of drug-likeness (QED) is 0.665. The summed E-state index contributed by atoms with van der Waals surface area (Å²) in [4.78, 5) is 17.2. The first-order valence-electron chi connectivity index (χ1n) is 10.1.